The minimum Gasteiger partial charge on any atom is -0.385 e. The predicted octanol–water partition coefficient (Wildman–Crippen LogP) is 2.30. The topological polar surface area (TPSA) is 55.7 Å². The number of rotatable bonds is 8. The predicted molar refractivity (Wildman–Crippen MR) is 105 cm³/mol. The fourth-order valence-electron chi connectivity index (χ4n) is 3.85. The van der Waals surface area contributed by atoms with Crippen molar-refractivity contribution in [2.75, 3.05) is 33.4 Å². The van der Waals surface area contributed by atoms with Crippen LogP contribution in [0.25, 0.3) is 10.9 Å². The fraction of sp³-hybridized carbons (Fsp3) is 0.571. The second-order valence-electron chi connectivity index (χ2n) is 7.63. The van der Waals surface area contributed by atoms with Crippen LogP contribution >= 0.6 is 0 Å². The lowest BCUT2D eigenvalue weighted by Gasteiger charge is -2.30. The Morgan fingerprint density at radius 2 is 2.29 bits per heavy atom. The van der Waals surface area contributed by atoms with Gasteiger partial charge in [-0.3, -0.25) is 4.79 Å². The molecule has 1 aromatic carbocycles. The minimum absolute atomic E-state index is 0.00526. The van der Waals surface area contributed by atoms with Crippen molar-refractivity contribution in [3.05, 3.63) is 35.8 Å². The molecule has 1 saturated carbocycles. The third kappa shape index (κ3) is 4.21. The van der Waals surface area contributed by atoms with Crippen molar-refractivity contribution >= 4 is 16.8 Å². The molecule has 1 aliphatic carbocycles. The molecule has 4 rings (SSSR count). The van der Waals surface area contributed by atoms with Crippen molar-refractivity contribution in [3.8, 4) is 0 Å². The monoisotopic (exact) mass is 389 g/mol. The molecule has 2 heterocycles. The maximum atomic E-state index is 14.7. The van der Waals surface area contributed by atoms with Crippen LogP contribution in [0.2, 0.25) is 0 Å². The first kappa shape index (κ1) is 19.4. The molecule has 1 atom stereocenters. The van der Waals surface area contributed by atoms with E-state index in [1.54, 1.807) is 13.2 Å². The first-order valence-corrected chi connectivity index (χ1v) is 10.1. The molecule has 6 nitrogen and oxygen atoms in total. The van der Waals surface area contributed by atoms with Gasteiger partial charge in [-0.2, -0.15) is 0 Å². The summed E-state index contributed by atoms with van der Waals surface area (Å²) in [6, 6.07) is 5.62. The molecule has 28 heavy (non-hydrogen) atoms. The van der Waals surface area contributed by atoms with Crippen molar-refractivity contribution < 1.29 is 18.7 Å². The van der Waals surface area contributed by atoms with Crippen molar-refractivity contribution in [3.63, 3.8) is 0 Å². The van der Waals surface area contributed by atoms with E-state index in [1.807, 2.05) is 23.2 Å². The summed E-state index contributed by atoms with van der Waals surface area (Å²) < 4.78 is 27.5. The van der Waals surface area contributed by atoms with Gasteiger partial charge in [0.05, 0.1) is 12.1 Å². The number of nitrogens with zero attached hydrogens (tertiary/aromatic N) is 2. The summed E-state index contributed by atoms with van der Waals surface area (Å²) in [4.78, 5) is 14.8. The number of ether oxygens (including phenoxy) is 2. The van der Waals surface area contributed by atoms with Crippen LogP contribution in [0.3, 0.4) is 0 Å². The fourth-order valence-corrected chi connectivity index (χ4v) is 3.85. The first-order chi connectivity index (χ1) is 13.7. The van der Waals surface area contributed by atoms with Gasteiger partial charge in [-0.25, -0.2) is 4.39 Å². The zero-order chi connectivity index (χ0) is 19.5. The van der Waals surface area contributed by atoms with E-state index in [2.05, 4.69) is 9.88 Å². The Bertz CT molecular complexity index is 828. The van der Waals surface area contributed by atoms with Crippen LogP contribution < -0.4 is 5.32 Å². The maximum Gasteiger partial charge on any atom is 0.253 e. The Morgan fingerprint density at radius 3 is 3.00 bits per heavy atom. The van der Waals surface area contributed by atoms with Crippen LogP contribution in [0.5, 0.6) is 0 Å². The Hall–Kier alpha value is -1.96. The number of benzene rings is 1. The molecule has 0 unspecified atom stereocenters. The Labute approximate surface area is 164 Å². The average Bonchev–Trinajstić information content (AvgIpc) is 3.47. The number of amides is 1. The summed E-state index contributed by atoms with van der Waals surface area (Å²) in [5.41, 5.74) is 1.69. The molecule has 0 bridgehead atoms. The Balaban J connectivity index is 1.55. The van der Waals surface area contributed by atoms with Crippen LogP contribution in [0.1, 0.15) is 24.8 Å². The van der Waals surface area contributed by atoms with E-state index in [0.717, 1.165) is 43.4 Å². The number of morpholine rings is 1. The van der Waals surface area contributed by atoms with Gasteiger partial charge in [-0.15, -0.1) is 0 Å². The van der Waals surface area contributed by atoms with E-state index in [-0.39, 0.29) is 17.8 Å². The quantitative estimate of drug-likeness (QED) is 0.704. The van der Waals surface area contributed by atoms with Crippen LogP contribution in [0.15, 0.2) is 24.4 Å². The molecule has 1 aromatic heterocycles. The molecule has 0 spiro atoms. The van der Waals surface area contributed by atoms with Gasteiger partial charge in [-0.05, 0) is 43.0 Å². The lowest BCUT2D eigenvalue weighted by molar-refractivity contribution is -0.146. The number of aryl methyl sites for hydroxylation is 1. The van der Waals surface area contributed by atoms with Gasteiger partial charge < -0.3 is 24.3 Å². The lowest BCUT2D eigenvalue weighted by Crippen LogP contribution is -2.49. The highest BCUT2D eigenvalue weighted by molar-refractivity contribution is 5.83. The second-order valence-corrected chi connectivity index (χ2v) is 7.63. The number of nitrogens with one attached hydrogen (secondary N) is 1. The van der Waals surface area contributed by atoms with Gasteiger partial charge in [0.1, 0.15) is 11.9 Å². The number of hydrogen-bond donors (Lipinski definition) is 1. The van der Waals surface area contributed by atoms with Crippen LogP contribution in [-0.2, 0) is 27.4 Å². The number of fused-ring (bicyclic) bond motifs is 1. The highest BCUT2D eigenvalue weighted by Crippen LogP contribution is 2.31. The van der Waals surface area contributed by atoms with Gasteiger partial charge in [0, 0.05) is 57.5 Å². The third-order valence-corrected chi connectivity index (χ3v) is 5.47. The number of methoxy groups -OCH3 is 1. The molecule has 2 aliphatic rings. The Morgan fingerprint density at radius 1 is 1.43 bits per heavy atom. The van der Waals surface area contributed by atoms with Crippen LogP contribution in [0.4, 0.5) is 4.39 Å². The maximum absolute atomic E-state index is 14.7. The molecule has 152 valence electrons. The molecular formula is C21H28FN3O3. The van der Waals surface area contributed by atoms with E-state index in [1.165, 1.54) is 0 Å². The molecule has 1 aliphatic heterocycles. The summed E-state index contributed by atoms with van der Waals surface area (Å²) in [5, 5.41) is 3.83. The zero-order valence-corrected chi connectivity index (χ0v) is 16.3. The molecule has 2 fully saturated rings. The number of hydrogen-bond acceptors (Lipinski definition) is 4. The zero-order valence-electron chi connectivity index (χ0n) is 16.3. The van der Waals surface area contributed by atoms with E-state index < -0.39 is 6.10 Å². The average molecular weight is 389 g/mol. The van der Waals surface area contributed by atoms with Gasteiger partial charge >= 0.3 is 0 Å². The molecule has 7 heteroatoms. The smallest absolute Gasteiger partial charge is 0.253 e. The SMILES string of the molecule is COCCCn1ccc2c(F)cc(CN(C(=O)[C@H]3CNCCO3)C3CC3)cc21. The molecule has 2 aromatic rings. The summed E-state index contributed by atoms with van der Waals surface area (Å²) in [5.74, 6) is -0.234. The standard InChI is InChI=1S/C21H28FN3O3/c1-27-9-2-7-24-8-5-17-18(22)11-15(12-19(17)24)14-25(16-3-4-16)21(26)20-13-23-6-10-28-20/h5,8,11-12,16,20,23H,2-4,6-7,9-10,13-14H2,1H3/t20-/m1/s1. The van der Waals surface area contributed by atoms with Crippen molar-refractivity contribution in [2.24, 2.45) is 0 Å². The number of carbonyl (C=O) groups excluding carboxylic acids is 1. The third-order valence-electron chi connectivity index (χ3n) is 5.47. The van der Waals surface area contributed by atoms with E-state index >= 15 is 0 Å². The molecule has 0 radical (unpaired) electrons. The number of carbonyl (C=O) groups is 1. The molecule has 1 saturated heterocycles. The van der Waals surface area contributed by atoms with Crippen molar-refractivity contribution in [2.45, 2.75) is 44.5 Å². The van der Waals surface area contributed by atoms with Gasteiger partial charge in [0.25, 0.3) is 5.91 Å². The summed E-state index contributed by atoms with van der Waals surface area (Å²) in [6.45, 7) is 3.71. The van der Waals surface area contributed by atoms with E-state index in [0.29, 0.717) is 31.7 Å². The lowest BCUT2D eigenvalue weighted by atomic mass is 10.1. The van der Waals surface area contributed by atoms with Crippen molar-refractivity contribution in [1.82, 2.24) is 14.8 Å². The van der Waals surface area contributed by atoms with Crippen molar-refractivity contribution in [1.29, 1.82) is 0 Å². The summed E-state index contributed by atoms with van der Waals surface area (Å²) in [6.07, 6.45) is 4.35. The largest absolute Gasteiger partial charge is 0.385 e. The van der Waals surface area contributed by atoms with E-state index in [9.17, 15) is 9.18 Å². The minimum atomic E-state index is -0.444. The number of halogens is 1. The molecule has 1 N–H and O–H groups in total. The molecular weight excluding hydrogens is 361 g/mol. The second kappa shape index (κ2) is 8.59. The van der Waals surface area contributed by atoms with Crippen LogP contribution in [-0.4, -0.2) is 60.9 Å². The van der Waals surface area contributed by atoms with Gasteiger partial charge in [0.15, 0.2) is 0 Å². The molecule has 1 amide bonds. The summed E-state index contributed by atoms with van der Waals surface area (Å²) in [7, 11) is 1.68. The first-order valence-electron chi connectivity index (χ1n) is 10.1. The van der Waals surface area contributed by atoms with Gasteiger partial charge in [0.2, 0.25) is 0 Å². The number of aromatic nitrogens is 1. The normalized spacial score (nSPS) is 19.9. The summed E-state index contributed by atoms with van der Waals surface area (Å²) >= 11 is 0. The van der Waals surface area contributed by atoms with Crippen LogP contribution in [0, 0.1) is 5.82 Å². The Kier molecular flexibility index (Phi) is 5.94. The van der Waals surface area contributed by atoms with E-state index in [4.69, 9.17) is 9.47 Å². The highest BCUT2D eigenvalue weighted by Gasteiger charge is 2.37. The van der Waals surface area contributed by atoms with Gasteiger partial charge in [-0.1, -0.05) is 0 Å². The highest BCUT2D eigenvalue weighted by atomic mass is 19.1.